The third-order valence-corrected chi connectivity index (χ3v) is 4.16. The Morgan fingerprint density at radius 2 is 1.57 bits per heavy atom. The van der Waals surface area contributed by atoms with Gasteiger partial charge < -0.3 is 4.74 Å². The largest absolute Gasteiger partial charge is 0.365 e. The smallest absolute Gasteiger partial charge is 0.270 e. The van der Waals surface area contributed by atoms with E-state index in [1.165, 1.54) is 0 Å². The molecule has 1 aromatic rings. The first-order chi connectivity index (χ1) is 10.2. The zero-order valence-electron chi connectivity index (χ0n) is 10.9. The number of carbonyl (C=O) groups excluding carboxylic acids is 3. The van der Waals surface area contributed by atoms with Crippen molar-refractivity contribution in [2.45, 2.75) is 12.2 Å². The van der Waals surface area contributed by atoms with Gasteiger partial charge in [-0.2, -0.15) is 5.01 Å². The average molecular weight is 284 g/mol. The van der Waals surface area contributed by atoms with Crippen LogP contribution in [0.4, 0.5) is 0 Å². The molecular weight excluding hydrogens is 272 g/mol. The van der Waals surface area contributed by atoms with E-state index in [0.29, 0.717) is 5.56 Å². The molecule has 3 aliphatic heterocycles. The summed E-state index contributed by atoms with van der Waals surface area (Å²) in [6.45, 7) is 0. The van der Waals surface area contributed by atoms with Crippen molar-refractivity contribution in [1.29, 1.82) is 0 Å². The van der Waals surface area contributed by atoms with E-state index in [4.69, 9.17) is 4.74 Å². The number of nitrogens with zero attached hydrogens (tertiary/aromatic N) is 1. The van der Waals surface area contributed by atoms with Crippen LogP contribution in [-0.2, 0) is 14.3 Å². The third-order valence-electron chi connectivity index (χ3n) is 4.16. The van der Waals surface area contributed by atoms with Crippen LogP contribution in [0.3, 0.4) is 0 Å². The highest BCUT2D eigenvalue weighted by Gasteiger charge is 2.61. The first kappa shape index (κ1) is 12.3. The predicted molar refractivity (Wildman–Crippen MR) is 70.5 cm³/mol. The molecule has 1 aromatic carbocycles. The molecule has 3 heterocycles. The number of imide groups is 1. The summed E-state index contributed by atoms with van der Waals surface area (Å²) in [7, 11) is 0. The van der Waals surface area contributed by atoms with Crippen LogP contribution in [0.5, 0.6) is 0 Å². The second-order valence-corrected chi connectivity index (χ2v) is 5.32. The van der Waals surface area contributed by atoms with Crippen LogP contribution in [0, 0.1) is 11.8 Å². The molecule has 4 atom stereocenters. The number of hydrazine groups is 1. The lowest BCUT2D eigenvalue weighted by Gasteiger charge is -2.18. The van der Waals surface area contributed by atoms with Crippen LogP contribution in [0.15, 0.2) is 42.5 Å². The Bertz CT molecular complexity index is 640. The molecular formula is C15H12N2O4. The number of fused-ring (bicyclic) bond motifs is 5. The van der Waals surface area contributed by atoms with E-state index in [1.54, 1.807) is 42.5 Å². The van der Waals surface area contributed by atoms with E-state index in [9.17, 15) is 14.4 Å². The molecule has 3 amide bonds. The fourth-order valence-electron chi connectivity index (χ4n) is 3.17. The molecule has 2 fully saturated rings. The highest BCUT2D eigenvalue weighted by Crippen LogP contribution is 2.44. The van der Waals surface area contributed by atoms with Gasteiger partial charge in [0.2, 0.25) is 0 Å². The van der Waals surface area contributed by atoms with Crippen molar-refractivity contribution < 1.29 is 19.1 Å². The van der Waals surface area contributed by atoms with Crippen molar-refractivity contribution in [3.63, 3.8) is 0 Å². The van der Waals surface area contributed by atoms with E-state index in [-0.39, 0.29) is 12.2 Å². The lowest BCUT2D eigenvalue weighted by atomic mass is 9.85. The summed E-state index contributed by atoms with van der Waals surface area (Å²) in [4.78, 5) is 36.7. The van der Waals surface area contributed by atoms with Crippen molar-refractivity contribution >= 4 is 17.7 Å². The maximum atomic E-state index is 12.3. The number of benzene rings is 1. The number of hydrogen-bond donors (Lipinski definition) is 1. The van der Waals surface area contributed by atoms with Crippen molar-refractivity contribution in [3.05, 3.63) is 48.0 Å². The highest BCUT2D eigenvalue weighted by atomic mass is 16.5. The standard InChI is InChI=1S/C15H12N2O4/c18-13(8-4-2-1-3-5-8)16-17-14(19)11-9-6-7-10(21-9)12(11)15(17)20/h1-7,9-12H,(H,16,18)/t9-,10-,11-,12-/m1/s1. The fourth-order valence-corrected chi connectivity index (χ4v) is 3.17. The Kier molecular flexibility index (Phi) is 2.49. The van der Waals surface area contributed by atoms with Gasteiger partial charge in [-0.1, -0.05) is 30.4 Å². The van der Waals surface area contributed by atoms with Gasteiger partial charge in [0.15, 0.2) is 0 Å². The second kappa shape index (κ2) is 4.26. The van der Waals surface area contributed by atoms with E-state index in [1.807, 2.05) is 0 Å². The minimum absolute atomic E-state index is 0.352. The number of rotatable bonds is 2. The zero-order chi connectivity index (χ0) is 14.6. The van der Waals surface area contributed by atoms with Gasteiger partial charge in [-0.15, -0.1) is 0 Å². The summed E-state index contributed by atoms with van der Waals surface area (Å²) >= 11 is 0. The molecule has 0 aromatic heterocycles. The second-order valence-electron chi connectivity index (χ2n) is 5.32. The Balaban J connectivity index is 1.56. The van der Waals surface area contributed by atoms with Crippen LogP contribution < -0.4 is 5.43 Å². The summed E-state index contributed by atoms with van der Waals surface area (Å²) in [5.74, 6) is -2.29. The lowest BCUT2D eigenvalue weighted by Crippen LogP contribution is -2.47. The van der Waals surface area contributed by atoms with E-state index < -0.39 is 29.6 Å². The van der Waals surface area contributed by atoms with Crippen LogP contribution in [-0.4, -0.2) is 34.9 Å². The van der Waals surface area contributed by atoms with Gasteiger partial charge >= 0.3 is 0 Å². The normalized spacial score (nSPS) is 32.7. The fraction of sp³-hybridized carbons (Fsp3) is 0.267. The minimum Gasteiger partial charge on any atom is -0.365 e. The van der Waals surface area contributed by atoms with Gasteiger partial charge in [-0.05, 0) is 12.1 Å². The number of carbonyl (C=O) groups is 3. The topological polar surface area (TPSA) is 75.7 Å². The molecule has 3 aliphatic rings. The Morgan fingerprint density at radius 3 is 2.14 bits per heavy atom. The molecule has 4 rings (SSSR count). The van der Waals surface area contributed by atoms with Crippen LogP contribution >= 0.6 is 0 Å². The van der Waals surface area contributed by atoms with E-state index in [0.717, 1.165) is 5.01 Å². The maximum Gasteiger partial charge on any atom is 0.270 e. The first-order valence-electron chi connectivity index (χ1n) is 6.74. The van der Waals surface area contributed by atoms with Crippen molar-refractivity contribution in [1.82, 2.24) is 10.4 Å². The summed E-state index contributed by atoms with van der Waals surface area (Å²) in [6.07, 6.45) is 2.91. The predicted octanol–water partition coefficient (Wildman–Crippen LogP) is 0.270. The maximum absolute atomic E-state index is 12.3. The summed E-state index contributed by atoms with van der Waals surface area (Å²) in [5.41, 5.74) is 2.80. The van der Waals surface area contributed by atoms with Crippen molar-refractivity contribution in [2.24, 2.45) is 11.8 Å². The lowest BCUT2D eigenvalue weighted by molar-refractivity contribution is -0.145. The Morgan fingerprint density at radius 1 is 1.00 bits per heavy atom. The molecule has 1 N–H and O–H groups in total. The zero-order valence-corrected chi connectivity index (χ0v) is 10.9. The molecule has 0 unspecified atom stereocenters. The molecule has 0 spiro atoms. The molecule has 0 radical (unpaired) electrons. The molecule has 6 nitrogen and oxygen atoms in total. The molecule has 0 saturated carbocycles. The number of amides is 3. The molecule has 106 valence electrons. The van der Waals surface area contributed by atoms with Gasteiger partial charge in [0.05, 0.1) is 24.0 Å². The first-order valence-corrected chi connectivity index (χ1v) is 6.74. The van der Waals surface area contributed by atoms with E-state index >= 15 is 0 Å². The summed E-state index contributed by atoms with van der Waals surface area (Å²) < 4.78 is 5.53. The highest BCUT2D eigenvalue weighted by molar-refractivity contribution is 6.09. The quantitative estimate of drug-likeness (QED) is 0.625. The molecule has 0 aliphatic carbocycles. The van der Waals surface area contributed by atoms with Crippen LogP contribution in [0.1, 0.15) is 10.4 Å². The molecule has 21 heavy (non-hydrogen) atoms. The van der Waals surface area contributed by atoms with Crippen molar-refractivity contribution in [2.75, 3.05) is 0 Å². The van der Waals surface area contributed by atoms with Gasteiger partial charge in [-0.3, -0.25) is 19.8 Å². The van der Waals surface area contributed by atoms with Crippen molar-refractivity contribution in [3.8, 4) is 0 Å². The number of hydrogen-bond acceptors (Lipinski definition) is 4. The number of ether oxygens (including phenoxy) is 1. The van der Waals surface area contributed by atoms with Crippen LogP contribution in [0.2, 0.25) is 0 Å². The van der Waals surface area contributed by atoms with Gasteiger partial charge in [0.1, 0.15) is 0 Å². The molecule has 6 heteroatoms. The number of nitrogens with one attached hydrogen (secondary N) is 1. The Labute approximate surface area is 120 Å². The summed E-state index contributed by atoms with van der Waals surface area (Å²) in [6, 6.07) is 8.46. The monoisotopic (exact) mass is 284 g/mol. The van der Waals surface area contributed by atoms with Gasteiger partial charge in [0, 0.05) is 5.56 Å². The van der Waals surface area contributed by atoms with Gasteiger partial charge in [0.25, 0.3) is 17.7 Å². The van der Waals surface area contributed by atoms with E-state index in [2.05, 4.69) is 5.43 Å². The SMILES string of the molecule is O=C(NN1C(=O)[C@H]2[C@H](C1=O)[C@H]1C=C[C@H]2O1)c1ccccc1. The average Bonchev–Trinajstić information content (AvgIpc) is 3.18. The van der Waals surface area contributed by atoms with Crippen LogP contribution in [0.25, 0.3) is 0 Å². The summed E-state index contributed by atoms with van der Waals surface area (Å²) in [5, 5.41) is 0.847. The third kappa shape index (κ3) is 1.66. The minimum atomic E-state index is -0.511. The molecule has 2 saturated heterocycles. The van der Waals surface area contributed by atoms with Gasteiger partial charge in [-0.25, -0.2) is 0 Å². The molecule has 2 bridgehead atoms. The Hall–Kier alpha value is -2.47.